The molecule has 0 aliphatic carbocycles. The van der Waals surface area contributed by atoms with Crippen LogP contribution >= 0.6 is 15.9 Å². The SMILES string of the molecule is O=C(Nc1cc(Br)c(F)cc1F)c1ccc2c(c1)NCC2. The third kappa shape index (κ3) is 2.76. The fourth-order valence-corrected chi connectivity index (χ4v) is 2.59. The first kappa shape index (κ1) is 14.0. The van der Waals surface area contributed by atoms with Crippen molar-refractivity contribution in [2.24, 2.45) is 0 Å². The molecule has 0 fully saturated rings. The molecule has 1 amide bonds. The number of hydrogen-bond donors (Lipinski definition) is 2. The average Bonchev–Trinajstić information content (AvgIpc) is 2.92. The van der Waals surface area contributed by atoms with Crippen molar-refractivity contribution >= 4 is 33.2 Å². The van der Waals surface area contributed by atoms with Crippen molar-refractivity contribution in [3.05, 3.63) is 57.6 Å². The van der Waals surface area contributed by atoms with Crippen molar-refractivity contribution in [3.8, 4) is 0 Å². The highest BCUT2D eigenvalue weighted by Gasteiger charge is 2.15. The summed E-state index contributed by atoms with van der Waals surface area (Å²) in [5.41, 5.74) is 2.43. The van der Waals surface area contributed by atoms with E-state index >= 15 is 0 Å². The lowest BCUT2D eigenvalue weighted by Gasteiger charge is -2.09. The Labute approximate surface area is 128 Å². The van der Waals surface area contributed by atoms with Crippen molar-refractivity contribution in [1.29, 1.82) is 0 Å². The Balaban J connectivity index is 1.85. The maximum Gasteiger partial charge on any atom is 0.255 e. The van der Waals surface area contributed by atoms with Gasteiger partial charge in [-0.1, -0.05) is 6.07 Å². The van der Waals surface area contributed by atoms with E-state index in [1.54, 1.807) is 12.1 Å². The Bertz CT molecular complexity index is 734. The summed E-state index contributed by atoms with van der Waals surface area (Å²) in [5.74, 6) is -1.97. The van der Waals surface area contributed by atoms with Crippen LogP contribution in [0, 0.1) is 11.6 Å². The van der Waals surface area contributed by atoms with Gasteiger partial charge in [0.1, 0.15) is 11.6 Å². The summed E-state index contributed by atoms with van der Waals surface area (Å²) in [5, 5.41) is 5.62. The van der Waals surface area contributed by atoms with Crippen LogP contribution in [0.25, 0.3) is 0 Å². The monoisotopic (exact) mass is 352 g/mol. The lowest BCUT2D eigenvalue weighted by Crippen LogP contribution is -2.13. The third-order valence-corrected chi connectivity index (χ3v) is 3.95. The van der Waals surface area contributed by atoms with E-state index in [2.05, 4.69) is 26.6 Å². The minimum Gasteiger partial charge on any atom is -0.384 e. The molecule has 108 valence electrons. The highest BCUT2D eigenvalue weighted by atomic mass is 79.9. The second-order valence-corrected chi connectivity index (χ2v) is 5.60. The highest BCUT2D eigenvalue weighted by Crippen LogP contribution is 2.26. The smallest absolute Gasteiger partial charge is 0.255 e. The molecule has 1 aliphatic heterocycles. The number of nitrogens with one attached hydrogen (secondary N) is 2. The van der Waals surface area contributed by atoms with Crippen LogP contribution in [0.2, 0.25) is 0 Å². The van der Waals surface area contributed by atoms with Crippen molar-refractivity contribution in [2.75, 3.05) is 17.2 Å². The van der Waals surface area contributed by atoms with Crippen LogP contribution in [0.4, 0.5) is 20.2 Å². The molecule has 3 nitrogen and oxygen atoms in total. The van der Waals surface area contributed by atoms with Gasteiger partial charge in [0.2, 0.25) is 0 Å². The molecule has 0 radical (unpaired) electrons. The molecule has 1 heterocycles. The highest BCUT2D eigenvalue weighted by molar-refractivity contribution is 9.10. The number of amides is 1. The lowest BCUT2D eigenvalue weighted by molar-refractivity contribution is 0.102. The van der Waals surface area contributed by atoms with Crippen LogP contribution in [-0.4, -0.2) is 12.5 Å². The fraction of sp³-hybridized carbons (Fsp3) is 0.133. The number of anilines is 2. The standard InChI is InChI=1S/C15H11BrF2N2O/c16-10-6-14(12(18)7-11(10)17)20-15(21)9-2-1-8-3-4-19-13(8)5-9/h1-2,5-7,19H,3-4H2,(H,20,21). The van der Waals surface area contributed by atoms with Crippen LogP contribution in [-0.2, 0) is 6.42 Å². The predicted molar refractivity (Wildman–Crippen MR) is 80.6 cm³/mol. The zero-order valence-corrected chi connectivity index (χ0v) is 12.4. The Kier molecular flexibility index (Phi) is 3.63. The van der Waals surface area contributed by atoms with Crippen LogP contribution in [0.15, 0.2) is 34.8 Å². The molecule has 6 heteroatoms. The second-order valence-electron chi connectivity index (χ2n) is 4.75. The maximum absolute atomic E-state index is 13.6. The normalized spacial score (nSPS) is 12.7. The van der Waals surface area contributed by atoms with Gasteiger partial charge >= 0.3 is 0 Å². The summed E-state index contributed by atoms with van der Waals surface area (Å²) in [6.07, 6.45) is 0.927. The second kappa shape index (κ2) is 5.44. The van der Waals surface area contributed by atoms with E-state index in [0.29, 0.717) is 5.56 Å². The summed E-state index contributed by atoms with van der Waals surface area (Å²) >= 11 is 2.96. The van der Waals surface area contributed by atoms with Crippen molar-refractivity contribution in [2.45, 2.75) is 6.42 Å². The number of rotatable bonds is 2. The van der Waals surface area contributed by atoms with Gasteiger partial charge in [0.15, 0.2) is 0 Å². The molecule has 21 heavy (non-hydrogen) atoms. The number of carbonyl (C=O) groups is 1. The molecule has 0 spiro atoms. The van der Waals surface area contributed by atoms with E-state index in [0.717, 1.165) is 30.3 Å². The first-order chi connectivity index (χ1) is 10.0. The van der Waals surface area contributed by atoms with E-state index in [4.69, 9.17) is 0 Å². The van der Waals surface area contributed by atoms with Gasteiger partial charge in [-0.05, 0) is 46.1 Å². The maximum atomic E-state index is 13.6. The lowest BCUT2D eigenvalue weighted by atomic mass is 10.1. The molecule has 0 bridgehead atoms. The molecule has 2 aromatic rings. The molecule has 0 saturated carbocycles. The number of carbonyl (C=O) groups excluding carboxylic acids is 1. The molecule has 0 unspecified atom stereocenters. The van der Waals surface area contributed by atoms with E-state index in [-0.39, 0.29) is 10.2 Å². The quantitative estimate of drug-likeness (QED) is 0.803. The van der Waals surface area contributed by atoms with Crippen LogP contribution in [0.3, 0.4) is 0 Å². The van der Waals surface area contributed by atoms with Crippen molar-refractivity contribution < 1.29 is 13.6 Å². The molecular weight excluding hydrogens is 342 g/mol. The van der Waals surface area contributed by atoms with E-state index in [1.165, 1.54) is 6.07 Å². The largest absolute Gasteiger partial charge is 0.384 e. The summed E-state index contributed by atoms with van der Waals surface area (Å²) in [6.45, 7) is 0.847. The Morgan fingerprint density at radius 3 is 2.81 bits per heavy atom. The van der Waals surface area contributed by atoms with Gasteiger partial charge in [-0.2, -0.15) is 0 Å². The zero-order chi connectivity index (χ0) is 15.0. The average molecular weight is 353 g/mol. The Morgan fingerprint density at radius 2 is 2.00 bits per heavy atom. The van der Waals surface area contributed by atoms with Crippen molar-refractivity contribution in [3.63, 3.8) is 0 Å². The molecular formula is C15H11BrF2N2O. The van der Waals surface area contributed by atoms with Gasteiger partial charge in [0.05, 0.1) is 10.2 Å². The topological polar surface area (TPSA) is 41.1 Å². The molecule has 2 N–H and O–H groups in total. The van der Waals surface area contributed by atoms with E-state index in [9.17, 15) is 13.6 Å². The van der Waals surface area contributed by atoms with Crippen LogP contribution < -0.4 is 10.6 Å². The minimum atomic E-state index is -0.816. The molecule has 0 aromatic heterocycles. The van der Waals surface area contributed by atoms with Gasteiger partial charge in [-0.3, -0.25) is 4.79 Å². The molecule has 2 aromatic carbocycles. The molecule has 1 aliphatic rings. The Morgan fingerprint density at radius 1 is 1.19 bits per heavy atom. The summed E-state index contributed by atoms with van der Waals surface area (Å²) in [6, 6.07) is 7.23. The van der Waals surface area contributed by atoms with Crippen LogP contribution in [0.1, 0.15) is 15.9 Å². The summed E-state index contributed by atoms with van der Waals surface area (Å²) in [7, 11) is 0. The summed E-state index contributed by atoms with van der Waals surface area (Å²) in [4.78, 5) is 12.1. The first-order valence-corrected chi connectivity index (χ1v) is 7.16. The Hall–Kier alpha value is -1.95. The van der Waals surface area contributed by atoms with Crippen LogP contribution in [0.5, 0.6) is 0 Å². The molecule has 3 rings (SSSR count). The minimum absolute atomic E-state index is 0.0678. The fourth-order valence-electron chi connectivity index (χ4n) is 2.24. The van der Waals surface area contributed by atoms with E-state index in [1.807, 2.05) is 6.07 Å². The van der Waals surface area contributed by atoms with Gasteiger partial charge in [-0.15, -0.1) is 0 Å². The number of hydrogen-bond acceptors (Lipinski definition) is 2. The zero-order valence-electron chi connectivity index (χ0n) is 10.8. The third-order valence-electron chi connectivity index (χ3n) is 3.34. The van der Waals surface area contributed by atoms with Gasteiger partial charge in [0, 0.05) is 23.9 Å². The first-order valence-electron chi connectivity index (χ1n) is 6.37. The number of halogens is 3. The molecule has 0 atom stereocenters. The van der Waals surface area contributed by atoms with Crippen molar-refractivity contribution in [1.82, 2.24) is 0 Å². The van der Waals surface area contributed by atoms with E-state index < -0.39 is 17.5 Å². The number of fused-ring (bicyclic) bond motifs is 1. The van der Waals surface area contributed by atoms with Gasteiger partial charge in [-0.25, -0.2) is 8.78 Å². The van der Waals surface area contributed by atoms with Gasteiger partial charge in [0.25, 0.3) is 5.91 Å². The predicted octanol–water partition coefficient (Wildman–Crippen LogP) is 3.95. The summed E-state index contributed by atoms with van der Waals surface area (Å²) < 4.78 is 26.9. The number of benzene rings is 2. The molecule has 0 saturated heterocycles. The van der Waals surface area contributed by atoms with Gasteiger partial charge < -0.3 is 10.6 Å².